The van der Waals surface area contributed by atoms with Crippen molar-refractivity contribution in [2.75, 3.05) is 18.6 Å². The summed E-state index contributed by atoms with van der Waals surface area (Å²) in [7, 11) is 1.73. The fourth-order valence-electron chi connectivity index (χ4n) is 6.41. The van der Waals surface area contributed by atoms with E-state index in [0.717, 1.165) is 87.0 Å². The van der Waals surface area contributed by atoms with E-state index in [0.29, 0.717) is 11.8 Å². The van der Waals surface area contributed by atoms with E-state index in [-0.39, 0.29) is 17.9 Å². The zero-order valence-electron chi connectivity index (χ0n) is 23.6. The highest BCUT2D eigenvalue weighted by Crippen LogP contribution is 2.39. The molecule has 0 unspecified atom stereocenters. The number of aromatic nitrogens is 1. The predicted octanol–water partition coefficient (Wildman–Crippen LogP) is 7.55. The van der Waals surface area contributed by atoms with E-state index in [1.54, 1.807) is 18.6 Å². The molecule has 0 radical (unpaired) electrons. The molecule has 1 heterocycles. The minimum Gasteiger partial charge on any atom is -0.496 e. The molecule has 2 aliphatic rings. The average molecular weight is 547 g/mol. The van der Waals surface area contributed by atoms with Crippen LogP contribution in [0.2, 0.25) is 0 Å². The van der Waals surface area contributed by atoms with Crippen LogP contribution in [0.15, 0.2) is 48.5 Å². The van der Waals surface area contributed by atoms with Gasteiger partial charge in [0.05, 0.1) is 18.9 Å². The zero-order valence-corrected chi connectivity index (χ0v) is 24.4. The highest BCUT2D eigenvalue weighted by molar-refractivity contribution is 7.06. The van der Waals surface area contributed by atoms with E-state index in [1.165, 1.54) is 16.0 Å². The van der Waals surface area contributed by atoms with Gasteiger partial charge in [0, 0.05) is 28.6 Å². The minimum absolute atomic E-state index is 0.0124. The summed E-state index contributed by atoms with van der Waals surface area (Å²) in [5.74, 6) is 2.20. The summed E-state index contributed by atoms with van der Waals surface area (Å²) < 4.78 is 10.1. The molecular weight excluding hydrogens is 504 g/mol. The van der Waals surface area contributed by atoms with E-state index in [4.69, 9.17) is 4.74 Å². The van der Waals surface area contributed by atoms with Crippen molar-refractivity contribution in [1.29, 1.82) is 0 Å². The Bertz CT molecular complexity index is 1260. The van der Waals surface area contributed by atoms with Crippen LogP contribution < -0.4 is 9.64 Å². The van der Waals surface area contributed by atoms with Crippen LogP contribution >= 0.6 is 11.5 Å². The van der Waals surface area contributed by atoms with Gasteiger partial charge in [-0.2, -0.15) is 4.37 Å². The van der Waals surface area contributed by atoms with Crippen molar-refractivity contribution < 1.29 is 14.6 Å². The largest absolute Gasteiger partial charge is 0.496 e. The van der Waals surface area contributed by atoms with Crippen molar-refractivity contribution in [2.24, 2.45) is 11.8 Å². The van der Waals surface area contributed by atoms with Crippen LogP contribution in [-0.2, 0) is 11.2 Å². The van der Waals surface area contributed by atoms with Gasteiger partial charge in [-0.15, -0.1) is 0 Å². The number of ether oxygens (including phenoxy) is 1. The van der Waals surface area contributed by atoms with Crippen LogP contribution in [0.25, 0.3) is 11.3 Å². The topological polar surface area (TPSA) is 62.7 Å². The molecule has 0 aliphatic heterocycles. The fraction of sp³-hybridized carbons (Fsp3) is 0.515. The maximum Gasteiger partial charge on any atom is 0.230 e. The van der Waals surface area contributed by atoms with Gasteiger partial charge < -0.3 is 14.7 Å². The van der Waals surface area contributed by atoms with Gasteiger partial charge in [0.1, 0.15) is 5.75 Å². The number of carbonyl (C=O) groups excluding carboxylic acids is 1. The van der Waals surface area contributed by atoms with E-state index in [2.05, 4.69) is 71.7 Å². The number of hydrogen-bond donors (Lipinski definition) is 1. The number of aliphatic hydroxyl groups excluding tert-OH is 1. The van der Waals surface area contributed by atoms with E-state index < -0.39 is 0 Å². The van der Waals surface area contributed by atoms with Crippen LogP contribution in [-0.4, -0.2) is 35.1 Å². The quantitative estimate of drug-likeness (QED) is 0.317. The summed E-state index contributed by atoms with van der Waals surface area (Å²) in [6, 6.07) is 17.2. The van der Waals surface area contributed by atoms with Crippen molar-refractivity contribution >= 4 is 23.1 Å². The van der Waals surface area contributed by atoms with Crippen LogP contribution in [0.3, 0.4) is 0 Å². The number of carbonyl (C=O) groups is 1. The maximum absolute atomic E-state index is 14.0. The molecule has 1 amide bonds. The average Bonchev–Trinajstić information content (AvgIpc) is 3.46. The SMILES string of the molecule is CCc1cc(-c2cccc(N(CC3CCC(c4ccc(OC)c(C)c4)CC3)C(=O)C3CCC(O)CC3)c2)ns1. The van der Waals surface area contributed by atoms with Gasteiger partial charge in [0.25, 0.3) is 0 Å². The highest BCUT2D eigenvalue weighted by atomic mass is 32.1. The summed E-state index contributed by atoms with van der Waals surface area (Å²) in [6.45, 7) is 5.03. The van der Waals surface area contributed by atoms with Gasteiger partial charge in [0.2, 0.25) is 5.91 Å². The number of benzene rings is 2. The lowest BCUT2D eigenvalue weighted by Crippen LogP contribution is -2.41. The Morgan fingerprint density at radius 3 is 2.46 bits per heavy atom. The fourth-order valence-corrected chi connectivity index (χ4v) is 7.07. The molecule has 0 atom stereocenters. The van der Waals surface area contributed by atoms with E-state index in [1.807, 2.05) is 0 Å². The molecule has 5 rings (SSSR count). The van der Waals surface area contributed by atoms with Crippen LogP contribution in [0, 0.1) is 18.8 Å². The van der Waals surface area contributed by atoms with Crippen LogP contribution in [0.5, 0.6) is 5.75 Å². The number of aryl methyl sites for hydroxylation is 2. The lowest BCUT2D eigenvalue weighted by molar-refractivity contribution is -0.124. The van der Waals surface area contributed by atoms with Crippen molar-refractivity contribution in [3.05, 3.63) is 64.5 Å². The third-order valence-electron chi connectivity index (χ3n) is 8.85. The first kappa shape index (κ1) is 27.9. The molecular formula is C33H42N2O3S. The van der Waals surface area contributed by atoms with Gasteiger partial charge in [-0.25, -0.2) is 0 Å². The first-order chi connectivity index (χ1) is 18.9. The zero-order chi connectivity index (χ0) is 27.4. The van der Waals surface area contributed by atoms with E-state index in [9.17, 15) is 9.90 Å². The molecule has 2 aliphatic carbocycles. The minimum atomic E-state index is -0.264. The standard InChI is InChI=1S/C33H42N2O3S/c1-4-30-20-31(34-39-30)27-6-5-7-28(19-27)35(33(37)25-12-15-29(36)16-13-25)21-23-8-10-24(11-9-23)26-14-17-32(38-3)22(2)18-26/h5-7,14,17-20,23-25,29,36H,4,8-13,15-16,21H2,1-3H3. The van der Waals surface area contributed by atoms with Crippen molar-refractivity contribution in [1.82, 2.24) is 4.37 Å². The van der Waals surface area contributed by atoms with Gasteiger partial charge in [-0.05, 0) is 123 Å². The number of anilines is 1. The van der Waals surface area contributed by atoms with Crippen molar-refractivity contribution in [2.45, 2.75) is 83.7 Å². The second-order valence-corrected chi connectivity index (χ2v) is 12.4. The molecule has 2 aromatic carbocycles. The van der Waals surface area contributed by atoms with Gasteiger partial charge in [-0.3, -0.25) is 4.79 Å². The van der Waals surface area contributed by atoms with Crippen LogP contribution in [0.1, 0.15) is 80.2 Å². The smallest absolute Gasteiger partial charge is 0.230 e. The number of nitrogens with zero attached hydrogens (tertiary/aromatic N) is 2. The lowest BCUT2D eigenvalue weighted by Gasteiger charge is -2.36. The monoisotopic (exact) mass is 546 g/mol. The summed E-state index contributed by atoms with van der Waals surface area (Å²) in [5, 5.41) is 10.0. The Hall–Kier alpha value is -2.70. The lowest BCUT2D eigenvalue weighted by atomic mass is 9.78. The van der Waals surface area contributed by atoms with Gasteiger partial charge in [0.15, 0.2) is 0 Å². The summed E-state index contributed by atoms with van der Waals surface area (Å²) in [6.07, 6.45) is 8.22. The first-order valence-corrected chi connectivity index (χ1v) is 15.4. The van der Waals surface area contributed by atoms with Gasteiger partial charge in [-0.1, -0.05) is 31.2 Å². The Kier molecular flexibility index (Phi) is 9.03. The summed E-state index contributed by atoms with van der Waals surface area (Å²) in [4.78, 5) is 17.3. The summed E-state index contributed by atoms with van der Waals surface area (Å²) >= 11 is 1.56. The Morgan fingerprint density at radius 1 is 1.03 bits per heavy atom. The molecule has 5 nitrogen and oxygen atoms in total. The number of amides is 1. The van der Waals surface area contributed by atoms with Crippen LogP contribution in [0.4, 0.5) is 5.69 Å². The summed E-state index contributed by atoms with van der Waals surface area (Å²) in [5.41, 5.74) is 5.63. The first-order valence-electron chi connectivity index (χ1n) is 14.6. The number of methoxy groups -OCH3 is 1. The third kappa shape index (κ3) is 6.55. The molecule has 208 valence electrons. The molecule has 1 N–H and O–H groups in total. The molecule has 2 fully saturated rings. The number of hydrogen-bond acceptors (Lipinski definition) is 5. The second-order valence-electron chi connectivity index (χ2n) is 11.5. The molecule has 3 aromatic rings. The molecule has 2 saturated carbocycles. The highest BCUT2D eigenvalue weighted by Gasteiger charge is 2.32. The molecule has 39 heavy (non-hydrogen) atoms. The number of rotatable bonds is 8. The Morgan fingerprint density at radius 2 is 1.79 bits per heavy atom. The second kappa shape index (κ2) is 12.6. The van der Waals surface area contributed by atoms with Gasteiger partial charge >= 0.3 is 0 Å². The number of aliphatic hydroxyl groups is 1. The normalized spacial score (nSPS) is 23.4. The predicted molar refractivity (Wildman–Crippen MR) is 160 cm³/mol. The molecule has 0 saturated heterocycles. The molecule has 1 aromatic heterocycles. The van der Waals surface area contributed by atoms with E-state index >= 15 is 0 Å². The molecule has 0 spiro atoms. The molecule has 0 bridgehead atoms. The Labute approximate surface area is 237 Å². The Balaban J connectivity index is 1.33. The maximum atomic E-state index is 14.0. The van der Waals surface area contributed by atoms with Crippen molar-refractivity contribution in [3.8, 4) is 17.0 Å². The van der Waals surface area contributed by atoms with Crippen molar-refractivity contribution in [3.63, 3.8) is 0 Å². The third-order valence-corrected chi connectivity index (χ3v) is 9.78. The molecule has 6 heteroatoms.